The number of rotatable bonds is 0. The number of aryl methyl sites for hydroxylation is 4. The van der Waals surface area contributed by atoms with Gasteiger partial charge in [0, 0.05) is 69.6 Å². The predicted octanol–water partition coefficient (Wildman–Crippen LogP) is 10.2. The van der Waals surface area contributed by atoms with Crippen LogP contribution in [0.1, 0.15) is 45.6 Å². The van der Waals surface area contributed by atoms with Crippen LogP contribution < -0.4 is 0 Å². The van der Waals surface area contributed by atoms with Gasteiger partial charge in [-0.1, -0.05) is 24.3 Å². The highest BCUT2D eigenvalue weighted by atomic mass is 14.8. The predicted molar refractivity (Wildman–Crippen MR) is 215 cm³/mol. The summed E-state index contributed by atoms with van der Waals surface area (Å²) in [5.74, 6) is 0. The van der Waals surface area contributed by atoms with Gasteiger partial charge in [-0.3, -0.25) is 19.9 Å². The van der Waals surface area contributed by atoms with Crippen molar-refractivity contribution in [2.75, 3.05) is 0 Å². The molecule has 8 nitrogen and oxygen atoms in total. The third-order valence-electron chi connectivity index (χ3n) is 7.29. The lowest BCUT2D eigenvalue weighted by Crippen LogP contribution is -1.77. The normalized spacial score (nSPS) is 10.5. The summed E-state index contributed by atoms with van der Waals surface area (Å²) in [6.45, 7) is 7.89. The van der Waals surface area contributed by atoms with Crippen molar-refractivity contribution in [3.8, 4) is 0 Å². The molecule has 8 heteroatoms. The highest BCUT2D eigenvalue weighted by molar-refractivity contribution is 5.77. The molecule has 2 N–H and O–H groups in total. The number of hydrogen-bond acceptors (Lipinski definition) is 6. The van der Waals surface area contributed by atoms with Crippen molar-refractivity contribution in [1.82, 2.24) is 39.9 Å². The van der Waals surface area contributed by atoms with Crippen molar-refractivity contribution in [3.05, 3.63) is 192 Å². The van der Waals surface area contributed by atoms with Crippen molar-refractivity contribution in [2.24, 2.45) is 0 Å². The quantitative estimate of drug-likeness (QED) is 0.165. The van der Waals surface area contributed by atoms with Gasteiger partial charge in [0.2, 0.25) is 0 Å². The molecule has 0 aliphatic carbocycles. The van der Waals surface area contributed by atoms with Gasteiger partial charge in [0.25, 0.3) is 0 Å². The van der Waals surface area contributed by atoms with E-state index in [0.717, 1.165) is 67.6 Å². The van der Waals surface area contributed by atoms with Crippen LogP contribution in [0.15, 0.2) is 146 Å². The topological polar surface area (TPSA) is 109 Å². The number of nitrogens with zero attached hydrogens (tertiary/aromatic N) is 6. The summed E-state index contributed by atoms with van der Waals surface area (Å²) in [5, 5.41) is 0. The van der Waals surface area contributed by atoms with E-state index in [1.807, 2.05) is 143 Å². The number of pyridine rings is 4. The van der Waals surface area contributed by atoms with Gasteiger partial charge in [0.05, 0.1) is 22.8 Å². The molecule has 0 amide bonds. The zero-order valence-electron chi connectivity index (χ0n) is 29.8. The van der Waals surface area contributed by atoms with Crippen LogP contribution in [-0.2, 0) is 0 Å². The Kier molecular flexibility index (Phi) is 13.6. The van der Waals surface area contributed by atoms with Crippen molar-refractivity contribution in [2.45, 2.75) is 27.7 Å². The van der Waals surface area contributed by atoms with Crippen LogP contribution >= 0.6 is 0 Å². The summed E-state index contributed by atoms with van der Waals surface area (Å²) in [4.78, 5) is 31.9. The molecular weight excluding hydrogens is 641 g/mol. The van der Waals surface area contributed by atoms with Gasteiger partial charge in [-0.15, -0.1) is 0 Å². The number of H-pyrrole nitrogens is 2. The average molecular weight is 683 g/mol. The first-order valence-corrected chi connectivity index (χ1v) is 16.9. The molecule has 2 aliphatic heterocycles. The lowest BCUT2D eigenvalue weighted by molar-refractivity contribution is 1.20. The highest BCUT2D eigenvalue weighted by Gasteiger charge is 2.02. The maximum Gasteiger partial charge on any atom is 0.0659 e. The smallest absolute Gasteiger partial charge is 0.0659 e. The molecule has 258 valence electrons. The van der Waals surface area contributed by atoms with Crippen LogP contribution in [0.3, 0.4) is 0 Å². The van der Waals surface area contributed by atoms with Crippen molar-refractivity contribution in [3.63, 3.8) is 0 Å². The molecule has 2 aliphatic rings. The third kappa shape index (κ3) is 12.9. The number of nitrogens with one attached hydrogen (secondary N) is 2. The van der Waals surface area contributed by atoms with Crippen molar-refractivity contribution < 1.29 is 0 Å². The number of hydrogen-bond donors (Lipinski definition) is 2. The molecule has 0 aromatic carbocycles. The van der Waals surface area contributed by atoms with Crippen LogP contribution in [0, 0.1) is 27.7 Å². The maximum atomic E-state index is 4.62. The second-order valence-corrected chi connectivity index (χ2v) is 11.8. The molecule has 0 radical (unpaired) electrons. The molecule has 0 unspecified atom stereocenters. The summed E-state index contributed by atoms with van der Waals surface area (Å²) >= 11 is 0. The lowest BCUT2D eigenvalue weighted by atomic mass is 10.3. The largest absolute Gasteiger partial charge is 0.355 e. The first kappa shape index (κ1) is 36.5. The first-order chi connectivity index (χ1) is 25.4. The van der Waals surface area contributed by atoms with E-state index in [-0.39, 0.29) is 0 Å². The number of fused-ring (bicyclic) bond motifs is 8. The molecule has 0 saturated carbocycles. The van der Waals surface area contributed by atoms with E-state index in [0.29, 0.717) is 0 Å². The summed E-state index contributed by atoms with van der Waals surface area (Å²) in [6.07, 6.45) is 15.2. The van der Waals surface area contributed by atoms with Gasteiger partial charge in [-0.2, -0.15) is 0 Å². The van der Waals surface area contributed by atoms with Gasteiger partial charge in [0.1, 0.15) is 0 Å². The minimum Gasteiger partial charge on any atom is -0.355 e. The van der Waals surface area contributed by atoms with E-state index in [1.165, 1.54) is 0 Å². The molecule has 9 heterocycles. The molecule has 7 aromatic heterocycles. The Balaban J connectivity index is 0.000000151. The third-order valence-corrected chi connectivity index (χ3v) is 7.29. The molecule has 9 rings (SSSR count). The summed E-state index contributed by atoms with van der Waals surface area (Å²) in [5.41, 5.74) is 12.1. The lowest BCUT2D eigenvalue weighted by Gasteiger charge is -1.86. The van der Waals surface area contributed by atoms with Crippen LogP contribution in [0.25, 0.3) is 46.4 Å². The Morgan fingerprint density at radius 1 is 0.327 bits per heavy atom. The van der Waals surface area contributed by atoms with E-state index in [1.54, 1.807) is 24.8 Å². The van der Waals surface area contributed by atoms with E-state index in [9.17, 15) is 0 Å². The standard InChI is InChI=1S/C20H14N4.4C6H7N/c1-2-14-10-16-5-6-18(23-16)12-20-8-7-19(24-20)11-17-4-3-15(22-17)9-13(1)21-14;4*1-6-4-2-3-5-7-6/h1-12,21-22H;4*2-5H,1H3. The van der Waals surface area contributed by atoms with Crippen LogP contribution in [0.2, 0.25) is 0 Å². The minimum absolute atomic E-state index is 0.915. The molecular formula is C44H42N8. The first-order valence-electron chi connectivity index (χ1n) is 16.9. The molecule has 0 atom stereocenters. The fourth-order valence-electron chi connectivity index (χ4n) is 4.74. The van der Waals surface area contributed by atoms with Crippen LogP contribution in [0.5, 0.6) is 0 Å². The number of aromatic amines is 2. The molecule has 0 saturated heterocycles. The Morgan fingerprint density at radius 2 is 0.615 bits per heavy atom. The van der Waals surface area contributed by atoms with Crippen LogP contribution in [-0.4, -0.2) is 39.9 Å². The van der Waals surface area contributed by atoms with Gasteiger partial charge in [0.15, 0.2) is 0 Å². The highest BCUT2D eigenvalue weighted by Crippen LogP contribution is 2.17. The van der Waals surface area contributed by atoms with Crippen molar-refractivity contribution in [1.29, 1.82) is 0 Å². The van der Waals surface area contributed by atoms with Gasteiger partial charge in [-0.05, 0) is 149 Å². The summed E-state index contributed by atoms with van der Waals surface area (Å²) in [7, 11) is 0. The molecule has 0 spiro atoms. The van der Waals surface area contributed by atoms with Gasteiger partial charge < -0.3 is 9.97 Å². The van der Waals surface area contributed by atoms with Gasteiger partial charge in [-0.25, -0.2) is 9.97 Å². The maximum absolute atomic E-state index is 4.62. The zero-order valence-corrected chi connectivity index (χ0v) is 29.8. The summed E-state index contributed by atoms with van der Waals surface area (Å²) < 4.78 is 0. The SMILES string of the molecule is C1=Cc2cc3ccc(cc4ccc(cc5nc(cc1n2)C=C5)[nH]4)[nH]3.Cc1ccccn1.Cc1ccccn1.Cc1ccccn1.Cc1ccccn1. The molecule has 0 fully saturated rings. The van der Waals surface area contributed by atoms with Crippen LogP contribution in [0.4, 0.5) is 0 Å². The molecule has 8 bridgehead atoms. The van der Waals surface area contributed by atoms with E-state index < -0.39 is 0 Å². The Hall–Kier alpha value is -6.80. The van der Waals surface area contributed by atoms with E-state index in [2.05, 4.69) is 70.2 Å². The second kappa shape index (κ2) is 19.4. The number of aromatic nitrogens is 8. The monoisotopic (exact) mass is 682 g/mol. The Bertz CT molecular complexity index is 2090. The zero-order chi connectivity index (χ0) is 36.4. The van der Waals surface area contributed by atoms with E-state index in [4.69, 9.17) is 0 Å². The fraction of sp³-hybridized carbons (Fsp3) is 0.0909. The Labute approximate surface area is 304 Å². The molecule has 52 heavy (non-hydrogen) atoms. The van der Waals surface area contributed by atoms with E-state index >= 15 is 0 Å². The molecule has 7 aromatic rings. The Morgan fingerprint density at radius 3 is 0.865 bits per heavy atom. The summed E-state index contributed by atoms with van der Waals surface area (Å²) in [6, 6.07) is 39.8. The average Bonchev–Trinajstić information content (AvgIpc) is 3.98. The van der Waals surface area contributed by atoms with Crippen molar-refractivity contribution >= 4 is 46.4 Å². The van der Waals surface area contributed by atoms with Gasteiger partial charge >= 0.3 is 0 Å². The second-order valence-electron chi connectivity index (χ2n) is 11.8. The fourth-order valence-corrected chi connectivity index (χ4v) is 4.74. The minimum atomic E-state index is 0.915.